The first-order valence-electron chi connectivity index (χ1n) is 7.08. The van der Waals surface area contributed by atoms with E-state index in [4.69, 9.17) is 0 Å². The maximum atomic E-state index is 12.9. The van der Waals surface area contributed by atoms with E-state index < -0.39 is 15.8 Å². The minimum Gasteiger partial charge on any atom is -0.507 e. The number of sulfonamides is 1. The molecule has 0 unspecified atom stereocenters. The molecule has 0 aliphatic rings. The van der Waals surface area contributed by atoms with E-state index in [1.54, 1.807) is 12.1 Å². The molecular formula is C17H12BrFN2O3S. The number of rotatable bonds is 4. The van der Waals surface area contributed by atoms with Crippen molar-refractivity contribution in [2.75, 3.05) is 0 Å². The fraction of sp³-hybridized carbons (Fsp3) is 0. The van der Waals surface area contributed by atoms with Crippen molar-refractivity contribution < 1.29 is 17.9 Å². The third kappa shape index (κ3) is 3.80. The quantitative estimate of drug-likeness (QED) is 0.496. The predicted molar refractivity (Wildman–Crippen MR) is 97.6 cm³/mol. The molecule has 0 bridgehead atoms. The maximum Gasteiger partial charge on any atom is 0.276 e. The average molecular weight is 423 g/mol. The van der Waals surface area contributed by atoms with Crippen LogP contribution < -0.4 is 4.83 Å². The van der Waals surface area contributed by atoms with Crippen molar-refractivity contribution in [1.29, 1.82) is 0 Å². The lowest BCUT2D eigenvalue weighted by Crippen LogP contribution is -2.18. The molecule has 128 valence electrons. The van der Waals surface area contributed by atoms with Crippen molar-refractivity contribution in [3.63, 3.8) is 0 Å². The van der Waals surface area contributed by atoms with Gasteiger partial charge >= 0.3 is 0 Å². The van der Waals surface area contributed by atoms with E-state index in [0.717, 1.165) is 34.1 Å². The Morgan fingerprint density at radius 3 is 2.52 bits per heavy atom. The number of phenolic OH excluding ortho intramolecular Hbond substituents is 1. The number of halogens is 2. The first-order chi connectivity index (χ1) is 11.9. The van der Waals surface area contributed by atoms with Crippen LogP contribution in [0.15, 0.2) is 69.1 Å². The summed E-state index contributed by atoms with van der Waals surface area (Å²) < 4.78 is 38.0. The van der Waals surface area contributed by atoms with Gasteiger partial charge in [-0.1, -0.05) is 28.1 Å². The first kappa shape index (κ1) is 17.4. The average Bonchev–Trinajstić information content (AvgIpc) is 2.57. The molecule has 0 aliphatic carbocycles. The third-order valence-electron chi connectivity index (χ3n) is 3.49. The van der Waals surface area contributed by atoms with Gasteiger partial charge in [0.25, 0.3) is 10.0 Å². The van der Waals surface area contributed by atoms with Crippen molar-refractivity contribution in [1.82, 2.24) is 4.83 Å². The Bertz CT molecular complexity index is 1070. The SMILES string of the molecule is O=S(=O)(N/N=C/c1c(O)ccc2cc(Br)ccc12)c1ccc(F)cc1. The van der Waals surface area contributed by atoms with E-state index in [0.29, 0.717) is 10.9 Å². The largest absolute Gasteiger partial charge is 0.507 e. The van der Waals surface area contributed by atoms with Crippen molar-refractivity contribution in [2.45, 2.75) is 4.90 Å². The molecule has 0 radical (unpaired) electrons. The van der Waals surface area contributed by atoms with Gasteiger partial charge in [0.2, 0.25) is 0 Å². The minimum absolute atomic E-state index is 0.0282. The summed E-state index contributed by atoms with van der Waals surface area (Å²) in [5.74, 6) is -0.561. The van der Waals surface area contributed by atoms with Gasteiger partial charge in [-0.25, -0.2) is 9.22 Å². The molecule has 0 heterocycles. The van der Waals surface area contributed by atoms with Crippen molar-refractivity contribution in [2.24, 2.45) is 5.10 Å². The first-order valence-corrected chi connectivity index (χ1v) is 9.36. The topological polar surface area (TPSA) is 78.8 Å². The van der Waals surface area contributed by atoms with Crippen molar-refractivity contribution in [3.8, 4) is 5.75 Å². The Labute approximate surface area is 152 Å². The van der Waals surface area contributed by atoms with Crippen molar-refractivity contribution >= 4 is 42.9 Å². The molecule has 0 saturated heterocycles. The summed E-state index contributed by atoms with van der Waals surface area (Å²) in [6.45, 7) is 0. The molecule has 0 atom stereocenters. The molecule has 0 fully saturated rings. The lowest BCUT2D eigenvalue weighted by atomic mass is 10.0. The maximum absolute atomic E-state index is 12.9. The second-order valence-electron chi connectivity index (χ2n) is 5.17. The summed E-state index contributed by atoms with van der Waals surface area (Å²) in [4.78, 5) is 1.93. The van der Waals surface area contributed by atoms with Crippen LogP contribution in [0.25, 0.3) is 10.8 Å². The van der Waals surface area contributed by atoms with Gasteiger partial charge in [-0.15, -0.1) is 0 Å². The van der Waals surface area contributed by atoms with Crippen LogP contribution in [0, 0.1) is 5.82 Å². The number of fused-ring (bicyclic) bond motifs is 1. The zero-order valence-corrected chi connectivity index (χ0v) is 15.1. The van der Waals surface area contributed by atoms with Gasteiger partial charge in [0.15, 0.2) is 0 Å². The van der Waals surface area contributed by atoms with Crippen LogP contribution in [-0.4, -0.2) is 19.7 Å². The number of nitrogens with zero attached hydrogens (tertiary/aromatic N) is 1. The molecule has 3 aromatic rings. The summed E-state index contributed by atoms with van der Waals surface area (Å²) in [5, 5.41) is 15.3. The Morgan fingerprint density at radius 2 is 1.80 bits per heavy atom. The summed E-state index contributed by atoms with van der Waals surface area (Å²) in [7, 11) is -3.92. The Morgan fingerprint density at radius 1 is 1.08 bits per heavy atom. The highest BCUT2D eigenvalue weighted by atomic mass is 79.9. The monoisotopic (exact) mass is 422 g/mol. The molecule has 25 heavy (non-hydrogen) atoms. The van der Waals surface area contributed by atoms with Gasteiger partial charge in [-0.2, -0.15) is 13.5 Å². The summed E-state index contributed by atoms with van der Waals surface area (Å²) >= 11 is 3.37. The number of benzene rings is 3. The second-order valence-corrected chi connectivity index (χ2v) is 7.75. The van der Waals surface area contributed by atoms with Crippen LogP contribution in [0.1, 0.15) is 5.56 Å². The zero-order chi connectivity index (χ0) is 18.0. The highest BCUT2D eigenvalue weighted by Gasteiger charge is 2.13. The van der Waals surface area contributed by atoms with Crippen LogP contribution >= 0.6 is 15.9 Å². The lowest BCUT2D eigenvalue weighted by molar-refractivity contribution is 0.475. The van der Waals surface area contributed by atoms with E-state index in [-0.39, 0.29) is 10.6 Å². The predicted octanol–water partition coefficient (Wildman–Crippen LogP) is 3.76. The molecule has 8 heteroatoms. The lowest BCUT2D eigenvalue weighted by Gasteiger charge is -2.06. The van der Waals surface area contributed by atoms with Crippen LogP contribution in [0.5, 0.6) is 5.75 Å². The number of hydrazone groups is 1. The number of phenols is 1. The van der Waals surface area contributed by atoms with E-state index >= 15 is 0 Å². The number of nitrogens with one attached hydrogen (secondary N) is 1. The van der Waals surface area contributed by atoms with Crippen LogP contribution in [0.3, 0.4) is 0 Å². The normalized spacial score (nSPS) is 11.9. The van der Waals surface area contributed by atoms with E-state index in [1.807, 2.05) is 17.0 Å². The molecule has 3 aromatic carbocycles. The van der Waals surface area contributed by atoms with Gasteiger partial charge in [-0.05, 0) is 53.2 Å². The van der Waals surface area contributed by atoms with Gasteiger partial charge < -0.3 is 5.11 Å². The zero-order valence-electron chi connectivity index (χ0n) is 12.6. The fourth-order valence-corrected chi connectivity index (χ4v) is 3.45. The van der Waals surface area contributed by atoms with Crippen LogP contribution in [-0.2, 0) is 10.0 Å². The second kappa shape index (κ2) is 6.81. The van der Waals surface area contributed by atoms with Gasteiger partial charge in [0.1, 0.15) is 11.6 Å². The van der Waals surface area contributed by atoms with E-state index in [9.17, 15) is 17.9 Å². The molecule has 0 aliphatic heterocycles. The fourth-order valence-electron chi connectivity index (χ4n) is 2.28. The number of hydrogen-bond acceptors (Lipinski definition) is 4. The minimum atomic E-state index is -3.92. The Kier molecular flexibility index (Phi) is 4.73. The molecule has 0 aromatic heterocycles. The standard InChI is InChI=1S/C17H12BrFN2O3S/c18-12-2-7-15-11(9-12)1-8-17(22)16(15)10-20-21-25(23,24)14-5-3-13(19)4-6-14/h1-10,21-22H/b20-10+. The molecular weight excluding hydrogens is 411 g/mol. The molecule has 0 saturated carbocycles. The number of aromatic hydroxyl groups is 1. The Balaban J connectivity index is 1.91. The van der Waals surface area contributed by atoms with E-state index in [1.165, 1.54) is 12.3 Å². The smallest absolute Gasteiger partial charge is 0.276 e. The Hall–Kier alpha value is -2.45. The third-order valence-corrected chi connectivity index (χ3v) is 5.22. The van der Waals surface area contributed by atoms with Gasteiger partial charge in [0.05, 0.1) is 11.1 Å². The van der Waals surface area contributed by atoms with Gasteiger partial charge in [-0.3, -0.25) is 0 Å². The van der Waals surface area contributed by atoms with Crippen LogP contribution in [0.4, 0.5) is 4.39 Å². The molecule has 0 amide bonds. The molecule has 0 spiro atoms. The van der Waals surface area contributed by atoms with Crippen LogP contribution in [0.2, 0.25) is 0 Å². The molecule has 2 N–H and O–H groups in total. The molecule has 5 nitrogen and oxygen atoms in total. The summed E-state index contributed by atoms with van der Waals surface area (Å²) in [6.07, 6.45) is 1.23. The summed E-state index contributed by atoms with van der Waals surface area (Å²) in [6, 6.07) is 13.1. The summed E-state index contributed by atoms with van der Waals surface area (Å²) in [5.41, 5.74) is 0.381. The van der Waals surface area contributed by atoms with Crippen molar-refractivity contribution in [3.05, 3.63) is 70.5 Å². The highest BCUT2D eigenvalue weighted by molar-refractivity contribution is 9.10. The number of hydrogen-bond donors (Lipinski definition) is 2. The van der Waals surface area contributed by atoms with E-state index in [2.05, 4.69) is 21.0 Å². The highest BCUT2D eigenvalue weighted by Crippen LogP contribution is 2.28. The van der Waals surface area contributed by atoms with Gasteiger partial charge in [0, 0.05) is 10.0 Å². The molecule has 3 rings (SSSR count).